The van der Waals surface area contributed by atoms with Crippen LogP contribution in [-0.4, -0.2) is 57.8 Å². The van der Waals surface area contributed by atoms with Crippen molar-refractivity contribution in [2.24, 2.45) is 4.99 Å². The van der Waals surface area contributed by atoms with Crippen LogP contribution in [0.3, 0.4) is 0 Å². The van der Waals surface area contributed by atoms with E-state index in [4.69, 9.17) is 4.74 Å². The molecule has 2 rings (SSSR count). The van der Waals surface area contributed by atoms with E-state index in [1.807, 2.05) is 0 Å². The molecule has 0 spiro atoms. The first-order valence-electron chi connectivity index (χ1n) is 6.79. The summed E-state index contributed by atoms with van der Waals surface area (Å²) in [5.74, 6) is -0.981. The molecule has 1 aromatic rings. The minimum atomic E-state index is -3.64. The molecule has 1 aliphatic heterocycles. The van der Waals surface area contributed by atoms with Crippen molar-refractivity contribution in [3.05, 3.63) is 29.8 Å². The fourth-order valence-corrected chi connectivity index (χ4v) is 3.29. The smallest absolute Gasteiger partial charge is 0.328 e. The monoisotopic (exact) mass is 339 g/mol. The molecule has 0 fully saturated rings. The molecule has 0 unspecified atom stereocenters. The summed E-state index contributed by atoms with van der Waals surface area (Å²) in [6.07, 6.45) is -0.926. The molecule has 9 heteroatoms. The Morgan fingerprint density at radius 2 is 1.96 bits per heavy atom. The van der Waals surface area contributed by atoms with Gasteiger partial charge < -0.3 is 9.64 Å². The van der Waals surface area contributed by atoms with Crippen molar-refractivity contribution in [1.29, 1.82) is 0 Å². The number of nitrogens with zero attached hydrogens (tertiary/aromatic N) is 2. The summed E-state index contributed by atoms with van der Waals surface area (Å²) in [5, 5.41) is 0. The van der Waals surface area contributed by atoms with Gasteiger partial charge in [0.15, 0.2) is 6.10 Å². The molecular formula is C14H17N3O5S. The number of nitrogens with one attached hydrogen (secondary N) is 1. The second kappa shape index (κ2) is 6.37. The van der Waals surface area contributed by atoms with Crippen LogP contribution in [0.1, 0.15) is 12.5 Å². The van der Waals surface area contributed by atoms with Crippen LogP contribution in [0, 0.1) is 0 Å². The Labute approximate surface area is 134 Å². The van der Waals surface area contributed by atoms with Gasteiger partial charge in [0.1, 0.15) is 12.4 Å². The molecule has 1 N–H and O–H groups in total. The number of fused-ring (bicyclic) bond motifs is 1. The molecule has 8 nitrogen and oxygen atoms in total. The van der Waals surface area contributed by atoms with Gasteiger partial charge in [-0.25, -0.2) is 8.42 Å². The number of aliphatic imine (C=N–C) groups is 1. The normalized spacial score (nSPS) is 18.0. The maximum absolute atomic E-state index is 11.9. The number of benzene rings is 1. The zero-order valence-corrected chi connectivity index (χ0v) is 13.8. The van der Waals surface area contributed by atoms with E-state index in [1.165, 1.54) is 17.9 Å². The number of hydrogen-bond acceptors (Lipinski definition) is 6. The third-order valence-electron chi connectivity index (χ3n) is 3.13. The van der Waals surface area contributed by atoms with Crippen LogP contribution >= 0.6 is 0 Å². The van der Waals surface area contributed by atoms with Crippen LogP contribution < -0.4 is 4.72 Å². The first-order chi connectivity index (χ1) is 10.7. The number of carbonyl (C=O) groups is 2. The third-order valence-corrected chi connectivity index (χ3v) is 4.52. The summed E-state index contributed by atoms with van der Waals surface area (Å²) in [4.78, 5) is 28.7. The molecule has 0 aliphatic carbocycles. The number of amides is 1. The van der Waals surface area contributed by atoms with Crippen LogP contribution in [0.4, 0.5) is 0 Å². The van der Waals surface area contributed by atoms with Crippen LogP contribution in [-0.2, 0) is 24.3 Å². The van der Waals surface area contributed by atoms with Gasteiger partial charge in [0.25, 0.3) is 15.9 Å². The van der Waals surface area contributed by atoms with Crippen molar-refractivity contribution >= 4 is 27.7 Å². The van der Waals surface area contributed by atoms with E-state index < -0.39 is 28.6 Å². The van der Waals surface area contributed by atoms with E-state index >= 15 is 0 Å². The highest BCUT2D eigenvalue weighted by Crippen LogP contribution is 2.22. The Morgan fingerprint density at radius 3 is 2.61 bits per heavy atom. The van der Waals surface area contributed by atoms with Crippen molar-refractivity contribution in [2.75, 3.05) is 20.6 Å². The average molecular weight is 339 g/mol. The molecule has 0 aromatic heterocycles. The number of rotatable bonds is 4. The predicted octanol–water partition coefficient (Wildman–Crippen LogP) is -0.255. The molecular weight excluding hydrogens is 322 g/mol. The fraction of sp³-hybridized carbons (Fsp3) is 0.357. The van der Waals surface area contributed by atoms with Gasteiger partial charge in [0, 0.05) is 19.7 Å². The predicted molar refractivity (Wildman–Crippen MR) is 82.4 cm³/mol. The molecule has 1 amide bonds. The summed E-state index contributed by atoms with van der Waals surface area (Å²) in [6, 6.07) is 6.32. The van der Waals surface area contributed by atoms with Gasteiger partial charge in [-0.2, -0.15) is 0 Å². The van der Waals surface area contributed by atoms with Crippen molar-refractivity contribution in [2.45, 2.75) is 17.9 Å². The van der Waals surface area contributed by atoms with Gasteiger partial charge >= 0.3 is 5.97 Å². The summed E-state index contributed by atoms with van der Waals surface area (Å²) in [7, 11) is -0.539. The number of likely N-dealkylation sites (N-methyl/N-ethyl adjacent to an activating group) is 1. The molecule has 23 heavy (non-hydrogen) atoms. The van der Waals surface area contributed by atoms with Crippen LogP contribution in [0.5, 0.6) is 0 Å². The van der Waals surface area contributed by atoms with E-state index in [1.54, 1.807) is 32.3 Å². The average Bonchev–Trinajstić information content (AvgIpc) is 2.76. The molecule has 124 valence electrons. The molecule has 1 aromatic carbocycles. The van der Waals surface area contributed by atoms with Crippen molar-refractivity contribution in [1.82, 2.24) is 9.62 Å². The van der Waals surface area contributed by atoms with E-state index in [0.29, 0.717) is 5.56 Å². The molecule has 1 heterocycles. The molecule has 0 saturated heterocycles. The second-order valence-electron chi connectivity index (χ2n) is 5.13. The SMILES string of the molecule is C[C@@H](OC(=O)CN=C1NS(=O)(=O)c2ccccc21)C(=O)N(C)C. The highest BCUT2D eigenvalue weighted by Gasteiger charge is 2.30. The minimum Gasteiger partial charge on any atom is -0.451 e. The first kappa shape index (κ1) is 16.9. The summed E-state index contributed by atoms with van der Waals surface area (Å²) < 4.78 is 31.0. The lowest BCUT2D eigenvalue weighted by atomic mass is 10.2. The number of sulfonamides is 1. The highest BCUT2D eigenvalue weighted by molar-refractivity contribution is 7.90. The first-order valence-corrected chi connectivity index (χ1v) is 8.28. The molecule has 1 aliphatic rings. The quantitative estimate of drug-likeness (QED) is 0.761. The van der Waals surface area contributed by atoms with E-state index in [0.717, 1.165) is 0 Å². The Bertz CT molecular complexity index is 770. The van der Waals surface area contributed by atoms with Gasteiger partial charge in [-0.1, -0.05) is 12.1 Å². The standard InChI is InChI=1S/C14H17N3O5S/c1-9(14(19)17(2)3)22-12(18)8-15-13-10-6-4-5-7-11(10)23(20,21)16-13/h4-7,9H,8H2,1-3H3,(H,15,16)/t9-/m1/s1. The van der Waals surface area contributed by atoms with Crippen LogP contribution in [0.25, 0.3) is 0 Å². The van der Waals surface area contributed by atoms with Gasteiger partial charge in [-0.3, -0.25) is 19.3 Å². The van der Waals surface area contributed by atoms with Crippen LogP contribution in [0.2, 0.25) is 0 Å². The number of hydrogen-bond donors (Lipinski definition) is 1. The Morgan fingerprint density at radius 1 is 1.30 bits per heavy atom. The van der Waals surface area contributed by atoms with Crippen molar-refractivity contribution < 1.29 is 22.7 Å². The summed E-state index contributed by atoms with van der Waals surface area (Å²) >= 11 is 0. The maximum Gasteiger partial charge on any atom is 0.328 e. The van der Waals surface area contributed by atoms with Crippen molar-refractivity contribution in [3.63, 3.8) is 0 Å². The summed E-state index contributed by atoms with van der Waals surface area (Å²) in [6.45, 7) is 1.07. The minimum absolute atomic E-state index is 0.0872. The summed E-state index contributed by atoms with van der Waals surface area (Å²) in [5.41, 5.74) is 0.401. The number of esters is 1. The fourth-order valence-electron chi connectivity index (χ4n) is 2.04. The molecule has 0 bridgehead atoms. The van der Waals surface area contributed by atoms with Crippen LogP contribution in [0.15, 0.2) is 34.2 Å². The zero-order valence-electron chi connectivity index (χ0n) is 12.9. The topological polar surface area (TPSA) is 105 Å². The van der Waals surface area contributed by atoms with Gasteiger partial charge in [0.05, 0.1) is 4.90 Å². The molecule has 0 radical (unpaired) electrons. The van der Waals surface area contributed by atoms with E-state index in [2.05, 4.69) is 9.71 Å². The lowest BCUT2D eigenvalue weighted by Gasteiger charge is -2.16. The zero-order chi connectivity index (χ0) is 17.2. The lowest BCUT2D eigenvalue weighted by Crippen LogP contribution is -2.35. The third kappa shape index (κ3) is 3.67. The van der Waals surface area contributed by atoms with Crippen molar-refractivity contribution in [3.8, 4) is 0 Å². The van der Waals surface area contributed by atoms with Gasteiger partial charge in [0.2, 0.25) is 0 Å². The van der Waals surface area contributed by atoms with E-state index in [-0.39, 0.29) is 16.6 Å². The Kier molecular flexibility index (Phi) is 4.69. The van der Waals surface area contributed by atoms with Gasteiger partial charge in [-0.05, 0) is 19.1 Å². The number of carbonyl (C=O) groups excluding carboxylic acids is 2. The lowest BCUT2D eigenvalue weighted by molar-refractivity contribution is -0.156. The molecule has 1 atom stereocenters. The van der Waals surface area contributed by atoms with Gasteiger partial charge in [-0.15, -0.1) is 0 Å². The Hall–Kier alpha value is -2.42. The highest BCUT2D eigenvalue weighted by atomic mass is 32.2. The second-order valence-corrected chi connectivity index (χ2v) is 6.78. The maximum atomic E-state index is 11.9. The number of amidine groups is 1. The number of ether oxygens (including phenoxy) is 1. The largest absolute Gasteiger partial charge is 0.451 e. The Balaban J connectivity index is 2.07. The molecule has 0 saturated carbocycles. The van der Waals surface area contributed by atoms with E-state index in [9.17, 15) is 18.0 Å².